The van der Waals surface area contributed by atoms with Crippen molar-refractivity contribution in [3.05, 3.63) is 59.7 Å². The van der Waals surface area contributed by atoms with Crippen molar-refractivity contribution in [2.75, 3.05) is 7.11 Å². The number of ether oxygens (including phenoxy) is 1. The highest BCUT2D eigenvalue weighted by Gasteiger charge is 2.23. The molecule has 2 unspecified atom stereocenters. The molecule has 2 aromatic rings. The maximum atomic E-state index is 6.39. The van der Waals surface area contributed by atoms with Crippen LogP contribution in [0.1, 0.15) is 29.7 Å². The second-order valence-electron chi connectivity index (χ2n) is 5.12. The summed E-state index contributed by atoms with van der Waals surface area (Å²) in [5.41, 5.74) is 8.85. The van der Waals surface area contributed by atoms with Gasteiger partial charge in [0.05, 0.1) is 12.4 Å². The molecule has 112 valence electrons. The Bertz CT molecular complexity index is 585. The normalized spacial score (nSPS) is 13.7. The average molecular weight is 301 g/mol. The minimum absolute atomic E-state index is 0.0888. The standard InChI is InChI=1S/C18H23NOS/c1-4-15(19)18(14-10-6-7-11-16(14)20-3)21-17-12-8-5-9-13(17)2/h5-12,15,18H,4,19H2,1-3H3. The largest absolute Gasteiger partial charge is 0.496 e. The van der Waals surface area contributed by atoms with Crippen LogP contribution in [-0.2, 0) is 0 Å². The fraction of sp³-hybridized carbons (Fsp3) is 0.333. The molecule has 0 aliphatic carbocycles. The van der Waals surface area contributed by atoms with Crippen molar-refractivity contribution < 1.29 is 4.74 Å². The second kappa shape index (κ2) is 7.53. The Morgan fingerprint density at radius 3 is 2.43 bits per heavy atom. The van der Waals surface area contributed by atoms with Gasteiger partial charge in [-0.25, -0.2) is 0 Å². The second-order valence-corrected chi connectivity index (χ2v) is 6.30. The number of methoxy groups -OCH3 is 1. The van der Waals surface area contributed by atoms with Crippen molar-refractivity contribution in [1.82, 2.24) is 0 Å². The first-order chi connectivity index (χ1) is 10.2. The van der Waals surface area contributed by atoms with Gasteiger partial charge in [0, 0.05) is 16.5 Å². The lowest BCUT2D eigenvalue weighted by atomic mass is 10.0. The Morgan fingerprint density at radius 2 is 1.76 bits per heavy atom. The molecule has 0 fully saturated rings. The first-order valence-electron chi connectivity index (χ1n) is 7.28. The van der Waals surface area contributed by atoms with E-state index in [2.05, 4.69) is 44.2 Å². The smallest absolute Gasteiger partial charge is 0.123 e. The highest BCUT2D eigenvalue weighted by molar-refractivity contribution is 7.99. The van der Waals surface area contributed by atoms with Gasteiger partial charge in [-0.05, 0) is 31.0 Å². The zero-order valence-electron chi connectivity index (χ0n) is 12.9. The summed E-state index contributed by atoms with van der Waals surface area (Å²) in [5, 5.41) is 0.187. The number of benzene rings is 2. The number of thioether (sulfide) groups is 1. The predicted molar refractivity (Wildman–Crippen MR) is 91.0 cm³/mol. The fourth-order valence-electron chi connectivity index (χ4n) is 2.32. The molecule has 0 aliphatic heterocycles. The highest BCUT2D eigenvalue weighted by atomic mass is 32.2. The summed E-state index contributed by atoms with van der Waals surface area (Å²) in [5.74, 6) is 0.910. The van der Waals surface area contributed by atoms with Gasteiger partial charge in [0.2, 0.25) is 0 Å². The van der Waals surface area contributed by atoms with Crippen LogP contribution in [0, 0.1) is 6.92 Å². The van der Waals surface area contributed by atoms with Gasteiger partial charge in [0.15, 0.2) is 0 Å². The summed E-state index contributed by atoms with van der Waals surface area (Å²) in [4.78, 5) is 1.28. The molecule has 2 aromatic carbocycles. The van der Waals surface area contributed by atoms with Crippen LogP contribution >= 0.6 is 11.8 Å². The Balaban J connectivity index is 2.37. The Kier molecular flexibility index (Phi) is 5.71. The van der Waals surface area contributed by atoms with Crippen molar-refractivity contribution in [3.63, 3.8) is 0 Å². The molecule has 2 rings (SSSR count). The molecule has 3 heteroatoms. The zero-order chi connectivity index (χ0) is 15.2. The van der Waals surface area contributed by atoms with Gasteiger partial charge >= 0.3 is 0 Å². The summed E-state index contributed by atoms with van der Waals surface area (Å²) < 4.78 is 5.52. The van der Waals surface area contributed by atoms with Crippen molar-refractivity contribution in [3.8, 4) is 5.75 Å². The Hall–Kier alpha value is -1.45. The maximum Gasteiger partial charge on any atom is 0.123 e. The maximum absolute atomic E-state index is 6.39. The zero-order valence-corrected chi connectivity index (χ0v) is 13.7. The number of rotatable bonds is 6. The average Bonchev–Trinajstić information content (AvgIpc) is 2.53. The molecule has 2 nitrogen and oxygen atoms in total. The van der Waals surface area contributed by atoms with E-state index < -0.39 is 0 Å². The number of hydrogen-bond donors (Lipinski definition) is 1. The van der Waals surface area contributed by atoms with Gasteiger partial charge in [-0.1, -0.05) is 43.3 Å². The molecular weight excluding hydrogens is 278 g/mol. The molecule has 0 saturated heterocycles. The fourth-order valence-corrected chi connectivity index (χ4v) is 3.70. The SMILES string of the molecule is CCC(N)C(Sc1ccccc1C)c1ccccc1OC. The number of aryl methyl sites for hydroxylation is 1. The summed E-state index contributed by atoms with van der Waals surface area (Å²) in [6.45, 7) is 4.27. The third-order valence-corrected chi connectivity index (χ3v) is 5.22. The summed E-state index contributed by atoms with van der Waals surface area (Å²) in [6, 6.07) is 16.7. The van der Waals surface area contributed by atoms with E-state index in [0.717, 1.165) is 12.2 Å². The van der Waals surface area contributed by atoms with E-state index in [4.69, 9.17) is 10.5 Å². The molecule has 0 spiro atoms. The van der Waals surface area contributed by atoms with Crippen LogP contribution in [-0.4, -0.2) is 13.2 Å². The van der Waals surface area contributed by atoms with E-state index in [1.54, 1.807) is 7.11 Å². The van der Waals surface area contributed by atoms with Crippen molar-refractivity contribution in [1.29, 1.82) is 0 Å². The van der Waals surface area contributed by atoms with Gasteiger partial charge in [-0.15, -0.1) is 11.8 Å². The third-order valence-electron chi connectivity index (χ3n) is 3.65. The van der Waals surface area contributed by atoms with Crippen LogP contribution in [0.5, 0.6) is 5.75 Å². The van der Waals surface area contributed by atoms with E-state index in [1.165, 1.54) is 16.0 Å². The molecule has 0 bridgehead atoms. The minimum Gasteiger partial charge on any atom is -0.496 e. The monoisotopic (exact) mass is 301 g/mol. The van der Waals surface area contributed by atoms with Gasteiger partial charge in [0.25, 0.3) is 0 Å². The highest BCUT2D eigenvalue weighted by Crippen LogP contribution is 2.42. The van der Waals surface area contributed by atoms with E-state index >= 15 is 0 Å². The first kappa shape index (κ1) is 15.9. The molecule has 2 atom stereocenters. The molecule has 2 N–H and O–H groups in total. The van der Waals surface area contributed by atoms with Crippen LogP contribution in [0.4, 0.5) is 0 Å². The molecule has 0 saturated carbocycles. The van der Waals surface area contributed by atoms with Gasteiger partial charge in [-0.2, -0.15) is 0 Å². The summed E-state index contributed by atoms with van der Waals surface area (Å²) in [6.07, 6.45) is 0.932. The van der Waals surface area contributed by atoms with Gasteiger partial charge in [0.1, 0.15) is 5.75 Å². The summed E-state index contributed by atoms with van der Waals surface area (Å²) >= 11 is 1.83. The van der Waals surface area contributed by atoms with Crippen molar-refractivity contribution in [2.45, 2.75) is 36.5 Å². The minimum atomic E-state index is 0.0888. The van der Waals surface area contributed by atoms with Crippen molar-refractivity contribution in [2.24, 2.45) is 5.73 Å². The lowest BCUT2D eigenvalue weighted by Gasteiger charge is -2.25. The van der Waals surface area contributed by atoms with Crippen LogP contribution < -0.4 is 10.5 Å². The van der Waals surface area contributed by atoms with E-state index in [0.29, 0.717) is 0 Å². The molecular formula is C18H23NOS. The molecule has 0 aromatic heterocycles. The number of para-hydroxylation sites is 1. The predicted octanol–water partition coefficient (Wildman–Crippen LogP) is 4.57. The summed E-state index contributed by atoms with van der Waals surface area (Å²) in [7, 11) is 1.71. The molecule has 0 radical (unpaired) electrons. The van der Waals surface area contributed by atoms with Gasteiger partial charge < -0.3 is 10.5 Å². The third kappa shape index (κ3) is 3.80. The molecule has 0 heterocycles. The van der Waals surface area contributed by atoms with Crippen LogP contribution in [0.15, 0.2) is 53.4 Å². The quantitative estimate of drug-likeness (QED) is 0.794. The topological polar surface area (TPSA) is 35.2 Å². The lowest BCUT2D eigenvalue weighted by Crippen LogP contribution is -2.26. The van der Waals surface area contributed by atoms with Crippen LogP contribution in [0.3, 0.4) is 0 Å². The molecule has 0 amide bonds. The number of nitrogens with two attached hydrogens (primary N) is 1. The first-order valence-corrected chi connectivity index (χ1v) is 8.16. The van der Waals surface area contributed by atoms with Crippen LogP contribution in [0.2, 0.25) is 0 Å². The number of hydrogen-bond acceptors (Lipinski definition) is 3. The van der Waals surface area contributed by atoms with Crippen molar-refractivity contribution >= 4 is 11.8 Å². The molecule has 21 heavy (non-hydrogen) atoms. The van der Waals surface area contributed by atoms with E-state index in [9.17, 15) is 0 Å². The molecule has 0 aliphatic rings. The van der Waals surface area contributed by atoms with E-state index in [1.807, 2.05) is 30.0 Å². The van der Waals surface area contributed by atoms with Crippen LogP contribution in [0.25, 0.3) is 0 Å². The Labute approximate surface area is 131 Å². The van der Waals surface area contributed by atoms with Gasteiger partial charge in [-0.3, -0.25) is 0 Å². The Morgan fingerprint density at radius 1 is 1.10 bits per heavy atom. The lowest BCUT2D eigenvalue weighted by molar-refractivity contribution is 0.407. The van der Waals surface area contributed by atoms with E-state index in [-0.39, 0.29) is 11.3 Å².